The molecule has 2 aromatic rings. The second kappa shape index (κ2) is 5.09. The van der Waals surface area contributed by atoms with Crippen LogP contribution < -0.4 is 0 Å². The molecule has 0 amide bonds. The van der Waals surface area contributed by atoms with Crippen molar-refractivity contribution < 1.29 is 18.4 Å². The number of hydrogen-bond acceptors (Lipinski definition) is 3. The lowest BCUT2D eigenvalue weighted by Gasteiger charge is -2.01. The normalized spacial score (nSPS) is 10.5. The Balaban J connectivity index is 2.17. The summed E-state index contributed by atoms with van der Waals surface area (Å²) in [5.74, 6) is -3.65. The van der Waals surface area contributed by atoms with Gasteiger partial charge in [-0.1, -0.05) is 6.07 Å². The molecule has 0 aliphatic rings. The monoisotopic (exact) mass is 264 g/mol. The minimum atomic E-state index is -1.23. The van der Waals surface area contributed by atoms with E-state index in [0.717, 1.165) is 12.1 Å². The molecule has 0 aliphatic carbocycles. The first-order valence-electron chi connectivity index (χ1n) is 5.49. The second-order valence-corrected chi connectivity index (χ2v) is 4.00. The largest absolute Gasteiger partial charge is 0.294 e. The van der Waals surface area contributed by atoms with Gasteiger partial charge in [-0.2, -0.15) is 5.10 Å². The van der Waals surface area contributed by atoms with Gasteiger partial charge in [-0.05, 0) is 18.2 Å². The highest BCUT2D eigenvalue weighted by Gasteiger charge is 2.19. The van der Waals surface area contributed by atoms with E-state index in [-0.39, 0.29) is 5.69 Å². The number of ketones is 2. The topological polar surface area (TPSA) is 52.0 Å². The van der Waals surface area contributed by atoms with Crippen LogP contribution in [-0.4, -0.2) is 21.3 Å². The van der Waals surface area contributed by atoms with Gasteiger partial charge in [0.1, 0.15) is 5.69 Å². The van der Waals surface area contributed by atoms with Crippen LogP contribution in [0.5, 0.6) is 0 Å². The molecular weight excluding hydrogens is 254 g/mol. The summed E-state index contributed by atoms with van der Waals surface area (Å²) in [6.07, 6.45) is 1.01. The minimum absolute atomic E-state index is 0.118. The van der Waals surface area contributed by atoms with Crippen LogP contribution in [0.25, 0.3) is 0 Å². The third kappa shape index (κ3) is 2.73. The van der Waals surface area contributed by atoms with Crippen molar-refractivity contribution in [2.24, 2.45) is 7.05 Å². The zero-order chi connectivity index (χ0) is 14.0. The summed E-state index contributed by atoms with van der Waals surface area (Å²) in [6.45, 7) is 0. The van der Waals surface area contributed by atoms with E-state index in [4.69, 9.17) is 0 Å². The molecule has 0 atom stereocenters. The van der Waals surface area contributed by atoms with E-state index in [1.54, 1.807) is 13.2 Å². The average Bonchev–Trinajstić information content (AvgIpc) is 2.79. The highest BCUT2D eigenvalue weighted by molar-refractivity contribution is 6.12. The zero-order valence-corrected chi connectivity index (χ0v) is 10.1. The molecule has 0 spiro atoms. The van der Waals surface area contributed by atoms with Gasteiger partial charge in [-0.25, -0.2) is 8.78 Å². The molecule has 2 rings (SSSR count). The van der Waals surface area contributed by atoms with E-state index in [9.17, 15) is 18.4 Å². The number of benzene rings is 1. The van der Waals surface area contributed by atoms with Gasteiger partial charge in [0.25, 0.3) is 0 Å². The molecule has 1 heterocycles. The lowest BCUT2D eigenvalue weighted by molar-refractivity contribution is 0.0888. The van der Waals surface area contributed by atoms with Crippen LogP contribution in [0, 0.1) is 11.6 Å². The van der Waals surface area contributed by atoms with Gasteiger partial charge in [-0.3, -0.25) is 14.3 Å². The van der Waals surface area contributed by atoms with Gasteiger partial charge in [0.05, 0.1) is 12.0 Å². The van der Waals surface area contributed by atoms with Crippen molar-refractivity contribution in [3.05, 3.63) is 53.4 Å². The number of aryl methyl sites for hydroxylation is 1. The molecule has 19 heavy (non-hydrogen) atoms. The fraction of sp³-hybridized carbons (Fsp3) is 0.154. The van der Waals surface area contributed by atoms with Crippen molar-refractivity contribution in [2.75, 3.05) is 0 Å². The van der Waals surface area contributed by atoms with Crippen LogP contribution in [0.15, 0.2) is 30.5 Å². The Morgan fingerprint density at radius 3 is 2.58 bits per heavy atom. The van der Waals surface area contributed by atoms with E-state index in [2.05, 4.69) is 5.10 Å². The molecule has 0 saturated carbocycles. The number of rotatable bonds is 4. The summed E-state index contributed by atoms with van der Waals surface area (Å²) < 4.78 is 27.8. The smallest absolute Gasteiger partial charge is 0.190 e. The van der Waals surface area contributed by atoms with Crippen LogP contribution in [-0.2, 0) is 7.05 Å². The molecule has 0 unspecified atom stereocenters. The quantitative estimate of drug-likeness (QED) is 0.628. The van der Waals surface area contributed by atoms with Crippen molar-refractivity contribution in [3.63, 3.8) is 0 Å². The molecule has 6 heteroatoms. The Labute approximate surface area is 107 Å². The molecule has 98 valence electrons. The Morgan fingerprint density at radius 1 is 1.21 bits per heavy atom. The van der Waals surface area contributed by atoms with E-state index >= 15 is 0 Å². The molecule has 0 fully saturated rings. The number of Topliss-reactive ketones (excluding diaryl/α,β-unsaturated/α-hetero) is 2. The maximum absolute atomic E-state index is 13.4. The predicted molar refractivity (Wildman–Crippen MR) is 62.8 cm³/mol. The minimum Gasteiger partial charge on any atom is -0.294 e. The Morgan fingerprint density at radius 2 is 1.95 bits per heavy atom. The van der Waals surface area contributed by atoms with Gasteiger partial charge in [0.15, 0.2) is 23.2 Å². The summed E-state index contributed by atoms with van der Waals surface area (Å²) in [7, 11) is 1.63. The first kappa shape index (κ1) is 13.1. The molecule has 0 aliphatic heterocycles. The summed E-state index contributed by atoms with van der Waals surface area (Å²) in [6, 6.07) is 4.73. The first-order valence-corrected chi connectivity index (χ1v) is 5.49. The van der Waals surface area contributed by atoms with Crippen molar-refractivity contribution in [1.29, 1.82) is 0 Å². The van der Waals surface area contributed by atoms with E-state index in [1.807, 2.05) is 0 Å². The zero-order valence-electron chi connectivity index (χ0n) is 10.1. The van der Waals surface area contributed by atoms with E-state index in [1.165, 1.54) is 16.8 Å². The highest BCUT2D eigenvalue weighted by Crippen LogP contribution is 2.14. The molecule has 1 aromatic carbocycles. The van der Waals surface area contributed by atoms with Crippen molar-refractivity contribution in [1.82, 2.24) is 9.78 Å². The molecule has 1 aromatic heterocycles. The standard InChI is InChI=1S/C13H10F2N2O2/c1-17-6-5-10(16-17)12(19)7-11(18)8-3-2-4-9(14)13(8)15/h2-6H,7H2,1H3. The Bertz CT molecular complexity index is 650. The predicted octanol–water partition coefficient (Wildman–Crippen LogP) is 2.15. The maximum atomic E-state index is 13.4. The summed E-state index contributed by atoms with van der Waals surface area (Å²) in [5.41, 5.74) is -0.308. The first-order chi connectivity index (χ1) is 8.99. The van der Waals surface area contributed by atoms with Crippen LogP contribution in [0.3, 0.4) is 0 Å². The summed E-state index contributed by atoms with van der Waals surface area (Å²) in [4.78, 5) is 23.5. The molecule has 0 radical (unpaired) electrons. The van der Waals surface area contributed by atoms with E-state index < -0.39 is 35.2 Å². The molecule has 4 nitrogen and oxygen atoms in total. The van der Waals surface area contributed by atoms with Gasteiger partial charge < -0.3 is 0 Å². The number of aromatic nitrogens is 2. The number of nitrogens with zero attached hydrogens (tertiary/aromatic N) is 2. The molecule has 0 bridgehead atoms. The number of halogens is 2. The number of hydrogen-bond donors (Lipinski definition) is 0. The molecule has 0 saturated heterocycles. The SMILES string of the molecule is Cn1ccc(C(=O)CC(=O)c2cccc(F)c2F)n1. The Hall–Kier alpha value is -2.37. The van der Waals surface area contributed by atoms with Crippen molar-refractivity contribution >= 4 is 11.6 Å². The lowest BCUT2D eigenvalue weighted by atomic mass is 10.0. The Kier molecular flexibility index (Phi) is 3.50. The van der Waals surface area contributed by atoms with Crippen molar-refractivity contribution in [3.8, 4) is 0 Å². The van der Waals surface area contributed by atoms with Crippen LogP contribution >= 0.6 is 0 Å². The van der Waals surface area contributed by atoms with Crippen LogP contribution in [0.1, 0.15) is 27.3 Å². The number of carbonyl (C=O) groups is 2. The van der Waals surface area contributed by atoms with Gasteiger partial charge in [-0.15, -0.1) is 0 Å². The number of carbonyl (C=O) groups excluding carboxylic acids is 2. The molecular formula is C13H10F2N2O2. The molecule has 0 N–H and O–H groups in total. The van der Waals surface area contributed by atoms with E-state index in [0.29, 0.717) is 0 Å². The second-order valence-electron chi connectivity index (χ2n) is 4.00. The summed E-state index contributed by atoms with van der Waals surface area (Å²) in [5, 5.41) is 3.84. The van der Waals surface area contributed by atoms with Gasteiger partial charge >= 0.3 is 0 Å². The fourth-order valence-electron chi connectivity index (χ4n) is 1.61. The van der Waals surface area contributed by atoms with Gasteiger partial charge in [0.2, 0.25) is 0 Å². The maximum Gasteiger partial charge on any atom is 0.190 e. The van der Waals surface area contributed by atoms with Gasteiger partial charge in [0, 0.05) is 13.2 Å². The van der Waals surface area contributed by atoms with Crippen LogP contribution in [0.4, 0.5) is 8.78 Å². The lowest BCUT2D eigenvalue weighted by Crippen LogP contribution is -2.11. The fourth-order valence-corrected chi connectivity index (χ4v) is 1.61. The van der Waals surface area contributed by atoms with Crippen LogP contribution in [0.2, 0.25) is 0 Å². The van der Waals surface area contributed by atoms with Crippen molar-refractivity contribution in [2.45, 2.75) is 6.42 Å². The summed E-state index contributed by atoms with van der Waals surface area (Å²) >= 11 is 0. The average molecular weight is 264 g/mol. The third-order valence-electron chi connectivity index (χ3n) is 2.57. The highest BCUT2D eigenvalue weighted by atomic mass is 19.2. The third-order valence-corrected chi connectivity index (χ3v) is 2.57.